The van der Waals surface area contributed by atoms with E-state index in [4.69, 9.17) is 19.5 Å². The minimum Gasteiger partial charge on any atom is -0.496 e. The topological polar surface area (TPSA) is 58.9 Å². The first kappa shape index (κ1) is 15.0. The van der Waals surface area contributed by atoms with Gasteiger partial charge in [0, 0.05) is 12.2 Å². The SMILES string of the molecule is COc1ccc(B(O)O)cc1COCCC(C)C. The standard InChI is InChI=1S/C13H21BO4/c1-10(2)6-7-18-9-11-8-12(14(15)16)4-5-13(11)17-3/h4-5,8,10,15-16H,6-7,9H2,1-3H3. The fourth-order valence-corrected chi connectivity index (χ4v) is 1.57. The summed E-state index contributed by atoms with van der Waals surface area (Å²) in [7, 11) is 0.118. The molecule has 0 aliphatic carbocycles. The molecule has 0 saturated heterocycles. The number of rotatable bonds is 7. The molecule has 0 aromatic heterocycles. The molecule has 18 heavy (non-hydrogen) atoms. The Kier molecular flexibility index (Phi) is 6.19. The highest BCUT2D eigenvalue weighted by molar-refractivity contribution is 6.58. The highest BCUT2D eigenvalue weighted by Gasteiger charge is 2.13. The van der Waals surface area contributed by atoms with Crippen LogP contribution in [0.1, 0.15) is 25.8 Å². The summed E-state index contributed by atoms with van der Waals surface area (Å²) in [6, 6.07) is 5.04. The van der Waals surface area contributed by atoms with E-state index in [1.165, 1.54) is 0 Å². The molecule has 1 aromatic rings. The maximum atomic E-state index is 9.13. The van der Waals surface area contributed by atoms with E-state index in [0.717, 1.165) is 12.0 Å². The van der Waals surface area contributed by atoms with Gasteiger partial charge in [-0.25, -0.2) is 0 Å². The van der Waals surface area contributed by atoms with Crippen LogP contribution in [-0.4, -0.2) is 30.9 Å². The van der Waals surface area contributed by atoms with Gasteiger partial charge in [0.2, 0.25) is 0 Å². The number of ether oxygens (including phenoxy) is 2. The quantitative estimate of drug-likeness (QED) is 0.560. The third kappa shape index (κ3) is 4.68. The molecule has 5 heteroatoms. The van der Waals surface area contributed by atoms with Crippen molar-refractivity contribution in [3.8, 4) is 5.75 Å². The lowest BCUT2D eigenvalue weighted by Gasteiger charge is -2.12. The van der Waals surface area contributed by atoms with Crippen molar-refractivity contribution < 1.29 is 19.5 Å². The summed E-state index contributed by atoms with van der Waals surface area (Å²) < 4.78 is 10.8. The fourth-order valence-electron chi connectivity index (χ4n) is 1.57. The van der Waals surface area contributed by atoms with Gasteiger partial charge >= 0.3 is 7.12 Å². The summed E-state index contributed by atoms with van der Waals surface area (Å²) in [5.41, 5.74) is 1.27. The molecule has 1 aromatic carbocycles. The van der Waals surface area contributed by atoms with Crippen LogP contribution < -0.4 is 10.2 Å². The molecule has 0 unspecified atom stereocenters. The molecule has 0 amide bonds. The van der Waals surface area contributed by atoms with Crippen LogP contribution >= 0.6 is 0 Å². The van der Waals surface area contributed by atoms with Crippen molar-refractivity contribution in [2.45, 2.75) is 26.9 Å². The molecule has 0 atom stereocenters. The summed E-state index contributed by atoms with van der Waals surface area (Å²) in [5.74, 6) is 1.31. The van der Waals surface area contributed by atoms with Crippen LogP contribution in [0, 0.1) is 5.92 Å². The zero-order chi connectivity index (χ0) is 13.5. The van der Waals surface area contributed by atoms with Gasteiger partial charge in [-0.1, -0.05) is 26.0 Å². The minimum absolute atomic E-state index is 0.413. The molecule has 0 radical (unpaired) electrons. The molecule has 0 aliphatic rings. The van der Waals surface area contributed by atoms with E-state index in [-0.39, 0.29) is 0 Å². The van der Waals surface area contributed by atoms with Gasteiger partial charge in [0.25, 0.3) is 0 Å². The average Bonchev–Trinajstić information content (AvgIpc) is 2.34. The highest BCUT2D eigenvalue weighted by atomic mass is 16.5. The Morgan fingerprint density at radius 2 is 2.00 bits per heavy atom. The van der Waals surface area contributed by atoms with Gasteiger partial charge in [-0.15, -0.1) is 0 Å². The second-order valence-electron chi connectivity index (χ2n) is 4.68. The van der Waals surface area contributed by atoms with Crippen LogP contribution in [0.2, 0.25) is 0 Å². The largest absolute Gasteiger partial charge is 0.496 e. The molecule has 0 fully saturated rings. The first-order chi connectivity index (χ1) is 8.54. The van der Waals surface area contributed by atoms with E-state index in [9.17, 15) is 0 Å². The molecule has 1 rings (SSSR count). The van der Waals surface area contributed by atoms with Crippen molar-refractivity contribution >= 4 is 12.6 Å². The van der Waals surface area contributed by atoms with Crippen molar-refractivity contribution in [2.75, 3.05) is 13.7 Å². The lowest BCUT2D eigenvalue weighted by atomic mass is 9.79. The molecule has 0 bridgehead atoms. The Morgan fingerprint density at radius 1 is 1.28 bits per heavy atom. The summed E-state index contributed by atoms with van der Waals surface area (Å²) in [5, 5.41) is 18.3. The van der Waals surface area contributed by atoms with Crippen LogP contribution in [0.15, 0.2) is 18.2 Å². The molecular weight excluding hydrogens is 231 g/mol. The highest BCUT2D eigenvalue weighted by Crippen LogP contribution is 2.17. The van der Waals surface area contributed by atoms with Gasteiger partial charge < -0.3 is 19.5 Å². The summed E-state index contributed by atoms with van der Waals surface area (Å²) >= 11 is 0. The van der Waals surface area contributed by atoms with Crippen molar-refractivity contribution in [1.82, 2.24) is 0 Å². The van der Waals surface area contributed by atoms with Gasteiger partial charge in [0.15, 0.2) is 0 Å². The molecule has 4 nitrogen and oxygen atoms in total. The van der Waals surface area contributed by atoms with Crippen LogP contribution in [0.5, 0.6) is 5.75 Å². The van der Waals surface area contributed by atoms with Gasteiger partial charge in [0.1, 0.15) is 5.75 Å². The minimum atomic E-state index is -1.47. The van der Waals surface area contributed by atoms with Crippen LogP contribution in [-0.2, 0) is 11.3 Å². The Hall–Kier alpha value is -1.04. The zero-order valence-corrected chi connectivity index (χ0v) is 11.2. The normalized spacial score (nSPS) is 10.8. The van der Waals surface area contributed by atoms with Crippen LogP contribution in [0.3, 0.4) is 0 Å². The summed E-state index contributed by atoms with van der Waals surface area (Å²) in [6.45, 7) is 5.39. The lowest BCUT2D eigenvalue weighted by molar-refractivity contribution is 0.109. The molecule has 2 N–H and O–H groups in total. The lowest BCUT2D eigenvalue weighted by Crippen LogP contribution is -2.30. The number of hydrogen-bond acceptors (Lipinski definition) is 4. The Bertz CT molecular complexity index is 366. The van der Waals surface area contributed by atoms with Gasteiger partial charge in [-0.05, 0) is 23.9 Å². The smallest absolute Gasteiger partial charge is 0.488 e. The van der Waals surface area contributed by atoms with Crippen molar-refractivity contribution in [3.63, 3.8) is 0 Å². The predicted octanol–water partition coefficient (Wildman–Crippen LogP) is 0.938. The Balaban J connectivity index is 2.63. The van der Waals surface area contributed by atoms with E-state index in [2.05, 4.69) is 13.8 Å². The van der Waals surface area contributed by atoms with Gasteiger partial charge in [0.05, 0.1) is 13.7 Å². The maximum Gasteiger partial charge on any atom is 0.488 e. The first-order valence-corrected chi connectivity index (χ1v) is 6.15. The van der Waals surface area contributed by atoms with Crippen LogP contribution in [0.4, 0.5) is 0 Å². The average molecular weight is 252 g/mol. The molecule has 0 spiro atoms. The molecule has 0 heterocycles. The molecular formula is C13H21BO4. The molecule has 100 valence electrons. The van der Waals surface area contributed by atoms with Gasteiger partial charge in [-0.3, -0.25) is 0 Å². The van der Waals surface area contributed by atoms with E-state index in [0.29, 0.717) is 30.3 Å². The second-order valence-corrected chi connectivity index (χ2v) is 4.68. The molecule has 0 saturated carbocycles. The molecule has 0 aliphatic heterocycles. The number of hydrogen-bond donors (Lipinski definition) is 2. The van der Waals surface area contributed by atoms with Crippen molar-refractivity contribution in [3.05, 3.63) is 23.8 Å². The van der Waals surface area contributed by atoms with E-state index < -0.39 is 7.12 Å². The van der Waals surface area contributed by atoms with E-state index in [1.54, 1.807) is 25.3 Å². The third-order valence-electron chi connectivity index (χ3n) is 2.70. The van der Waals surface area contributed by atoms with E-state index in [1.807, 2.05) is 0 Å². The first-order valence-electron chi connectivity index (χ1n) is 6.15. The van der Waals surface area contributed by atoms with E-state index >= 15 is 0 Å². The summed E-state index contributed by atoms with van der Waals surface area (Å²) in [4.78, 5) is 0. The zero-order valence-electron chi connectivity index (χ0n) is 11.2. The third-order valence-corrected chi connectivity index (χ3v) is 2.70. The second kappa shape index (κ2) is 7.41. The Morgan fingerprint density at radius 3 is 2.56 bits per heavy atom. The Labute approximate surface area is 109 Å². The monoisotopic (exact) mass is 252 g/mol. The van der Waals surface area contributed by atoms with Crippen molar-refractivity contribution in [2.24, 2.45) is 5.92 Å². The predicted molar refractivity (Wildman–Crippen MR) is 71.9 cm³/mol. The van der Waals surface area contributed by atoms with Crippen LogP contribution in [0.25, 0.3) is 0 Å². The maximum absolute atomic E-state index is 9.13. The van der Waals surface area contributed by atoms with Gasteiger partial charge in [-0.2, -0.15) is 0 Å². The number of methoxy groups -OCH3 is 1. The fraction of sp³-hybridized carbons (Fsp3) is 0.538. The summed E-state index contributed by atoms with van der Waals surface area (Å²) in [6.07, 6.45) is 1.00. The van der Waals surface area contributed by atoms with Crippen molar-refractivity contribution in [1.29, 1.82) is 0 Å². The number of benzene rings is 1.